The molecule has 5 heteroatoms. The number of amides is 1. The first kappa shape index (κ1) is 15.6. The Kier molecular flexibility index (Phi) is 4.98. The summed E-state index contributed by atoms with van der Waals surface area (Å²) in [6, 6.07) is 10.5. The lowest BCUT2D eigenvalue weighted by Crippen LogP contribution is -2.37. The number of phenols is 1. The Morgan fingerprint density at radius 2 is 2.22 bits per heavy atom. The standard InChI is InChI=1S/C18H21NO4/c20-15-5-1-4-14(10-15)11-18(21)19(12-16-6-2-8-22-16)13-17-7-3-9-23-17/h1-2,4-6,8,10,17,20H,3,7,9,11-13H2/t17-/m1/s1. The number of furan rings is 1. The van der Waals surface area contributed by atoms with E-state index in [1.807, 2.05) is 18.2 Å². The second-order valence-corrected chi connectivity index (χ2v) is 5.84. The van der Waals surface area contributed by atoms with Crippen LogP contribution >= 0.6 is 0 Å². The van der Waals surface area contributed by atoms with Crippen LogP contribution in [0.1, 0.15) is 24.2 Å². The van der Waals surface area contributed by atoms with Crippen molar-refractivity contribution in [2.75, 3.05) is 13.2 Å². The molecule has 0 aliphatic carbocycles. The van der Waals surface area contributed by atoms with Crippen LogP contribution < -0.4 is 0 Å². The van der Waals surface area contributed by atoms with Gasteiger partial charge in [-0.2, -0.15) is 0 Å². The van der Waals surface area contributed by atoms with Crippen LogP contribution in [0.4, 0.5) is 0 Å². The maximum Gasteiger partial charge on any atom is 0.227 e. The van der Waals surface area contributed by atoms with E-state index < -0.39 is 0 Å². The predicted molar refractivity (Wildman–Crippen MR) is 84.9 cm³/mol. The zero-order chi connectivity index (χ0) is 16.1. The van der Waals surface area contributed by atoms with E-state index in [4.69, 9.17) is 9.15 Å². The summed E-state index contributed by atoms with van der Waals surface area (Å²) in [5.41, 5.74) is 0.798. The highest BCUT2D eigenvalue weighted by molar-refractivity contribution is 5.78. The fourth-order valence-corrected chi connectivity index (χ4v) is 2.83. The molecule has 0 saturated carbocycles. The molecule has 0 unspecified atom stereocenters. The minimum atomic E-state index is 0.00231. The summed E-state index contributed by atoms with van der Waals surface area (Å²) in [5, 5.41) is 9.54. The number of carbonyl (C=O) groups excluding carboxylic acids is 1. The van der Waals surface area contributed by atoms with Crippen LogP contribution in [0, 0.1) is 0 Å². The lowest BCUT2D eigenvalue weighted by Gasteiger charge is -2.24. The summed E-state index contributed by atoms with van der Waals surface area (Å²) in [7, 11) is 0. The van der Waals surface area contributed by atoms with Gasteiger partial charge in [0, 0.05) is 13.2 Å². The number of aromatic hydroxyl groups is 1. The van der Waals surface area contributed by atoms with Gasteiger partial charge in [0.05, 0.1) is 25.3 Å². The van der Waals surface area contributed by atoms with E-state index in [-0.39, 0.29) is 24.2 Å². The lowest BCUT2D eigenvalue weighted by atomic mass is 10.1. The van der Waals surface area contributed by atoms with Crippen molar-refractivity contribution in [1.82, 2.24) is 4.90 Å². The molecular formula is C18H21NO4. The van der Waals surface area contributed by atoms with Gasteiger partial charge in [-0.25, -0.2) is 0 Å². The van der Waals surface area contributed by atoms with Crippen molar-refractivity contribution < 1.29 is 19.1 Å². The molecule has 1 aliphatic heterocycles. The quantitative estimate of drug-likeness (QED) is 0.890. The van der Waals surface area contributed by atoms with Gasteiger partial charge in [0.15, 0.2) is 0 Å². The fraction of sp³-hybridized carbons (Fsp3) is 0.389. The maximum absolute atomic E-state index is 12.7. The third-order valence-corrected chi connectivity index (χ3v) is 3.99. The molecule has 1 fully saturated rings. The van der Waals surface area contributed by atoms with Crippen LogP contribution in [0.2, 0.25) is 0 Å². The number of hydrogen-bond acceptors (Lipinski definition) is 4. The summed E-state index contributed by atoms with van der Waals surface area (Å²) < 4.78 is 11.0. The Hall–Kier alpha value is -2.27. The first-order valence-corrected chi connectivity index (χ1v) is 7.90. The smallest absolute Gasteiger partial charge is 0.227 e. The minimum absolute atomic E-state index is 0.00231. The van der Waals surface area contributed by atoms with Gasteiger partial charge in [0.25, 0.3) is 0 Å². The van der Waals surface area contributed by atoms with E-state index in [1.165, 1.54) is 0 Å². The van der Waals surface area contributed by atoms with Gasteiger partial charge in [-0.1, -0.05) is 12.1 Å². The third kappa shape index (κ3) is 4.36. The molecule has 0 bridgehead atoms. The molecule has 0 radical (unpaired) electrons. The highest BCUT2D eigenvalue weighted by Gasteiger charge is 2.23. The van der Waals surface area contributed by atoms with Crippen LogP contribution in [0.15, 0.2) is 47.1 Å². The molecule has 2 aromatic rings. The van der Waals surface area contributed by atoms with Crippen molar-refractivity contribution >= 4 is 5.91 Å². The molecule has 2 heterocycles. The van der Waals surface area contributed by atoms with Crippen LogP contribution in [0.25, 0.3) is 0 Å². The Labute approximate surface area is 135 Å². The Bertz CT molecular complexity index is 632. The molecule has 1 aromatic carbocycles. The van der Waals surface area contributed by atoms with E-state index in [0.29, 0.717) is 13.1 Å². The number of hydrogen-bond donors (Lipinski definition) is 1. The summed E-state index contributed by atoms with van der Waals surface area (Å²) in [6.07, 6.45) is 3.98. The monoisotopic (exact) mass is 315 g/mol. The lowest BCUT2D eigenvalue weighted by molar-refractivity contribution is -0.133. The molecule has 1 N–H and O–H groups in total. The van der Waals surface area contributed by atoms with Gasteiger partial charge in [0.1, 0.15) is 11.5 Å². The van der Waals surface area contributed by atoms with E-state index in [1.54, 1.807) is 29.4 Å². The molecule has 1 aliphatic rings. The molecule has 3 rings (SSSR count). The summed E-state index contributed by atoms with van der Waals surface area (Å²) in [4.78, 5) is 14.5. The zero-order valence-electron chi connectivity index (χ0n) is 13.0. The molecular weight excluding hydrogens is 294 g/mol. The predicted octanol–water partition coefficient (Wildman–Crippen LogP) is 2.74. The SMILES string of the molecule is O=C(Cc1cccc(O)c1)N(Cc1ccco1)C[C@H]1CCCO1. The highest BCUT2D eigenvalue weighted by atomic mass is 16.5. The molecule has 1 amide bonds. The van der Waals surface area contributed by atoms with Crippen LogP contribution in [-0.4, -0.2) is 35.2 Å². The van der Waals surface area contributed by atoms with Crippen molar-refractivity contribution in [3.63, 3.8) is 0 Å². The molecule has 1 aromatic heterocycles. The van der Waals surface area contributed by atoms with Crippen molar-refractivity contribution in [3.05, 3.63) is 54.0 Å². The topological polar surface area (TPSA) is 62.9 Å². The van der Waals surface area contributed by atoms with Gasteiger partial charge in [0.2, 0.25) is 5.91 Å². The molecule has 1 saturated heterocycles. The van der Waals surface area contributed by atoms with Crippen molar-refractivity contribution in [3.8, 4) is 5.75 Å². The Morgan fingerprint density at radius 3 is 2.91 bits per heavy atom. The van der Waals surface area contributed by atoms with Gasteiger partial charge in [-0.3, -0.25) is 4.79 Å². The summed E-state index contributed by atoms with van der Waals surface area (Å²) in [5.74, 6) is 0.932. The van der Waals surface area contributed by atoms with E-state index in [2.05, 4.69) is 0 Å². The number of rotatable bonds is 6. The number of benzene rings is 1. The van der Waals surface area contributed by atoms with E-state index in [0.717, 1.165) is 30.8 Å². The molecule has 5 nitrogen and oxygen atoms in total. The second kappa shape index (κ2) is 7.33. The van der Waals surface area contributed by atoms with E-state index in [9.17, 15) is 9.90 Å². The molecule has 122 valence electrons. The van der Waals surface area contributed by atoms with E-state index >= 15 is 0 Å². The average Bonchev–Trinajstić information content (AvgIpc) is 3.20. The minimum Gasteiger partial charge on any atom is -0.508 e. The largest absolute Gasteiger partial charge is 0.508 e. The van der Waals surface area contributed by atoms with Crippen LogP contribution in [0.3, 0.4) is 0 Å². The van der Waals surface area contributed by atoms with Crippen molar-refractivity contribution in [2.45, 2.75) is 31.9 Å². The number of nitrogens with zero attached hydrogens (tertiary/aromatic N) is 1. The molecule has 23 heavy (non-hydrogen) atoms. The summed E-state index contributed by atoms with van der Waals surface area (Å²) >= 11 is 0. The number of ether oxygens (including phenoxy) is 1. The van der Waals surface area contributed by atoms with Gasteiger partial charge in [-0.15, -0.1) is 0 Å². The van der Waals surface area contributed by atoms with Gasteiger partial charge in [-0.05, 0) is 42.7 Å². The van der Waals surface area contributed by atoms with Crippen LogP contribution in [-0.2, 0) is 22.5 Å². The third-order valence-electron chi connectivity index (χ3n) is 3.99. The fourth-order valence-electron chi connectivity index (χ4n) is 2.83. The number of phenolic OH excluding ortho intramolecular Hbond substituents is 1. The normalized spacial score (nSPS) is 17.3. The first-order valence-electron chi connectivity index (χ1n) is 7.90. The Morgan fingerprint density at radius 1 is 1.30 bits per heavy atom. The Balaban J connectivity index is 1.68. The molecule has 1 atom stereocenters. The van der Waals surface area contributed by atoms with Gasteiger partial charge >= 0.3 is 0 Å². The second-order valence-electron chi connectivity index (χ2n) is 5.84. The maximum atomic E-state index is 12.7. The van der Waals surface area contributed by atoms with Crippen molar-refractivity contribution in [1.29, 1.82) is 0 Å². The average molecular weight is 315 g/mol. The summed E-state index contributed by atoms with van der Waals surface area (Å²) in [6.45, 7) is 1.77. The van der Waals surface area contributed by atoms with Crippen molar-refractivity contribution in [2.24, 2.45) is 0 Å². The van der Waals surface area contributed by atoms with Crippen LogP contribution in [0.5, 0.6) is 5.75 Å². The molecule has 0 spiro atoms. The number of carbonyl (C=O) groups is 1. The highest BCUT2D eigenvalue weighted by Crippen LogP contribution is 2.17. The van der Waals surface area contributed by atoms with Gasteiger partial charge < -0.3 is 19.2 Å². The zero-order valence-corrected chi connectivity index (χ0v) is 13.0. The first-order chi connectivity index (χ1) is 11.2.